The Morgan fingerprint density at radius 3 is 2.85 bits per heavy atom. The van der Waals surface area contributed by atoms with Crippen LogP contribution >= 0.6 is 0 Å². The molecule has 2 aromatic rings. The maximum absolute atomic E-state index is 14.0. The van der Waals surface area contributed by atoms with Gasteiger partial charge in [-0.05, 0) is 43.1 Å². The van der Waals surface area contributed by atoms with E-state index in [1.165, 1.54) is 11.6 Å². The second-order valence-electron chi connectivity index (χ2n) is 5.06. The van der Waals surface area contributed by atoms with Crippen LogP contribution in [0.15, 0.2) is 42.5 Å². The average molecular weight is 271 g/mol. The first-order valence-corrected chi connectivity index (χ1v) is 6.97. The first-order valence-electron chi connectivity index (χ1n) is 6.97. The Kier molecular flexibility index (Phi) is 3.70. The monoisotopic (exact) mass is 271 g/mol. The van der Waals surface area contributed by atoms with Crippen LogP contribution in [-0.2, 0) is 6.42 Å². The van der Waals surface area contributed by atoms with E-state index in [0.29, 0.717) is 5.56 Å². The van der Waals surface area contributed by atoms with E-state index in [1.54, 1.807) is 6.07 Å². The van der Waals surface area contributed by atoms with Crippen LogP contribution in [-0.4, -0.2) is 13.7 Å². The Labute approximate surface area is 118 Å². The average Bonchev–Trinajstić information content (AvgIpc) is 2.50. The minimum absolute atomic E-state index is 0.136. The zero-order chi connectivity index (χ0) is 13.9. The first-order chi connectivity index (χ1) is 9.79. The van der Waals surface area contributed by atoms with Gasteiger partial charge in [0, 0.05) is 5.56 Å². The molecule has 1 aliphatic heterocycles. The number of benzene rings is 2. The molecule has 0 aromatic heterocycles. The molecule has 2 nitrogen and oxygen atoms in total. The third kappa shape index (κ3) is 2.41. The van der Waals surface area contributed by atoms with Crippen molar-refractivity contribution in [2.45, 2.75) is 18.9 Å². The van der Waals surface area contributed by atoms with Gasteiger partial charge in [0.25, 0.3) is 0 Å². The number of hydrogen-bond donors (Lipinski definition) is 1. The molecular weight excluding hydrogens is 253 g/mol. The minimum atomic E-state index is -0.180. The Morgan fingerprint density at radius 2 is 2.05 bits per heavy atom. The second-order valence-corrected chi connectivity index (χ2v) is 5.06. The quantitative estimate of drug-likeness (QED) is 0.923. The molecule has 0 amide bonds. The van der Waals surface area contributed by atoms with E-state index >= 15 is 0 Å². The molecule has 1 aliphatic rings. The van der Waals surface area contributed by atoms with Crippen LogP contribution in [0.3, 0.4) is 0 Å². The molecule has 20 heavy (non-hydrogen) atoms. The van der Waals surface area contributed by atoms with Gasteiger partial charge in [-0.1, -0.05) is 30.3 Å². The summed E-state index contributed by atoms with van der Waals surface area (Å²) in [5.74, 6) is 0.782. The fourth-order valence-corrected chi connectivity index (χ4v) is 2.77. The van der Waals surface area contributed by atoms with Crippen LogP contribution in [0.5, 0.6) is 5.75 Å². The van der Waals surface area contributed by atoms with Gasteiger partial charge in [0.05, 0.1) is 12.6 Å². The summed E-state index contributed by atoms with van der Waals surface area (Å²) in [4.78, 5) is 0. The molecule has 2 aromatic carbocycles. The third-order valence-corrected chi connectivity index (χ3v) is 3.77. The highest BCUT2D eigenvalue weighted by atomic mass is 19.1. The highest BCUT2D eigenvalue weighted by Crippen LogP contribution is 2.30. The van der Waals surface area contributed by atoms with Crippen LogP contribution in [0.25, 0.3) is 0 Å². The van der Waals surface area contributed by atoms with Crippen LogP contribution in [0.4, 0.5) is 4.39 Å². The lowest BCUT2D eigenvalue weighted by molar-refractivity contribution is 0.288. The highest BCUT2D eigenvalue weighted by molar-refractivity contribution is 5.42. The molecule has 3 heteroatoms. The van der Waals surface area contributed by atoms with Crippen molar-refractivity contribution >= 4 is 0 Å². The van der Waals surface area contributed by atoms with Crippen LogP contribution in [0, 0.1) is 5.82 Å². The zero-order valence-corrected chi connectivity index (χ0v) is 11.5. The molecule has 0 radical (unpaired) electrons. The van der Waals surface area contributed by atoms with Crippen LogP contribution in [0.1, 0.15) is 29.2 Å². The van der Waals surface area contributed by atoms with Gasteiger partial charge in [0.1, 0.15) is 11.6 Å². The van der Waals surface area contributed by atoms with Crippen molar-refractivity contribution in [3.05, 3.63) is 65.0 Å². The summed E-state index contributed by atoms with van der Waals surface area (Å²) in [6, 6.07) is 12.9. The SMILES string of the molecule is CNC(c1ccc2c(c1)CCCO2)c1ccccc1F. The Bertz CT molecular complexity index is 612. The second kappa shape index (κ2) is 5.63. The van der Waals surface area contributed by atoms with Crippen molar-refractivity contribution in [2.24, 2.45) is 0 Å². The van der Waals surface area contributed by atoms with Crippen molar-refractivity contribution in [2.75, 3.05) is 13.7 Å². The molecule has 104 valence electrons. The lowest BCUT2D eigenvalue weighted by atomic mass is 9.94. The smallest absolute Gasteiger partial charge is 0.128 e. The van der Waals surface area contributed by atoms with Crippen molar-refractivity contribution in [3.63, 3.8) is 0 Å². The number of nitrogens with one attached hydrogen (secondary N) is 1. The number of halogens is 1. The van der Waals surface area contributed by atoms with Crippen molar-refractivity contribution in [3.8, 4) is 5.75 Å². The van der Waals surface area contributed by atoms with Crippen molar-refractivity contribution in [1.29, 1.82) is 0 Å². The Balaban J connectivity index is 1.99. The van der Waals surface area contributed by atoms with Crippen LogP contribution in [0.2, 0.25) is 0 Å². The summed E-state index contributed by atoms with van der Waals surface area (Å²) in [6.45, 7) is 0.787. The molecule has 0 fully saturated rings. The van der Waals surface area contributed by atoms with E-state index < -0.39 is 0 Å². The van der Waals surface area contributed by atoms with Crippen molar-refractivity contribution < 1.29 is 9.13 Å². The summed E-state index contributed by atoms with van der Waals surface area (Å²) in [7, 11) is 1.85. The Hall–Kier alpha value is -1.87. The zero-order valence-electron chi connectivity index (χ0n) is 11.5. The van der Waals surface area contributed by atoms with Crippen LogP contribution < -0.4 is 10.1 Å². The summed E-state index contributed by atoms with van der Waals surface area (Å²) >= 11 is 0. The molecule has 0 bridgehead atoms. The molecule has 1 heterocycles. The molecular formula is C17H18FNO. The lowest BCUT2D eigenvalue weighted by Gasteiger charge is -2.22. The fourth-order valence-electron chi connectivity index (χ4n) is 2.77. The molecule has 1 unspecified atom stereocenters. The summed E-state index contributed by atoms with van der Waals surface area (Å²) in [5.41, 5.74) is 2.96. The van der Waals surface area contributed by atoms with E-state index in [-0.39, 0.29) is 11.9 Å². The van der Waals surface area contributed by atoms with E-state index in [1.807, 2.05) is 31.3 Å². The molecule has 0 aliphatic carbocycles. The molecule has 1 atom stereocenters. The van der Waals surface area contributed by atoms with Gasteiger partial charge >= 0.3 is 0 Å². The number of aryl methyl sites for hydroxylation is 1. The van der Waals surface area contributed by atoms with Crippen molar-refractivity contribution in [1.82, 2.24) is 5.32 Å². The van der Waals surface area contributed by atoms with E-state index in [4.69, 9.17) is 4.74 Å². The predicted octanol–water partition coefficient (Wildman–Crippen LogP) is 3.46. The fraction of sp³-hybridized carbons (Fsp3) is 0.294. The third-order valence-electron chi connectivity index (χ3n) is 3.77. The van der Waals surface area contributed by atoms with Gasteiger partial charge in [0.15, 0.2) is 0 Å². The standard InChI is InChI=1S/C17H18FNO/c1-19-17(14-6-2-3-7-15(14)18)13-8-9-16-12(11-13)5-4-10-20-16/h2-3,6-9,11,17,19H,4-5,10H2,1H3. The molecule has 0 saturated carbocycles. The number of hydrogen-bond acceptors (Lipinski definition) is 2. The predicted molar refractivity (Wildman–Crippen MR) is 77.6 cm³/mol. The van der Waals surface area contributed by atoms with Gasteiger partial charge in [0.2, 0.25) is 0 Å². The van der Waals surface area contributed by atoms with Gasteiger partial charge in [-0.2, -0.15) is 0 Å². The molecule has 0 spiro atoms. The molecule has 3 rings (SSSR count). The normalized spacial score (nSPS) is 15.3. The first kappa shape index (κ1) is 13.1. The maximum Gasteiger partial charge on any atom is 0.128 e. The lowest BCUT2D eigenvalue weighted by Crippen LogP contribution is -2.19. The molecule has 0 saturated heterocycles. The van der Waals surface area contributed by atoms with Gasteiger partial charge in [-0.15, -0.1) is 0 Å². The van der Waals surface area contributed by atoms with Gasteiger partial charge in [-0.3, -0.25) is 0 Å². The van der Waals surface area contributed by atoms with E-state index in [0.717, 1.165) is 30.8 Å². The summed E-state index contributed by atoms with van der Waals surface area (Å²) < 4.78 is 19.6. The van der Waals surface area contributed by atoms with Gasteiger partial charge < -0.3 is 10.1 Å². The summed E-state index contributed by atoms with van der Waals surface area (Å²) in [6.07, 6.45) is 2.07. The topological polar surface area (TPSA) is 21.3 Å². The van der Waals surface area contributed by atoms with Gasteiger partial charge in [-0.25, -0.2) is 4.39 Å². The molecule has 1 N–H and O–H groups in total. The largest absolute Gasteiger partial charge is 0.493 e. The minimum Gasteiger partial charge on any atom is -0.493 e. The van der Waals surface area contributed by atoms with E-state index in [9.17, 15) is 4.39 Å². The Morgan fingerprint density at radius 1 is 1.20 bits per heavy atom. The summed E-state index contributed by atoms with van der Waals surface area (Å²) in [5, 5.41) is 3.20. The highest BCUT2D eigenvalue weighted by Gasteiger charge is 2.18. The maximum atomic E-state index is 14.0. The number of fused-ring (bicyclic) bond motifs is 1. The van der Waals surface area contributed by atoms with E-state index in [2.05, 4.69) is 11.4 Å². The number of rotatable bonds is 3. The number of ether oxygens (including phenoxy) is 1.